The van der Waals surface area contributed by atoms with Crippen LogP contribution < -0.4 is 0 Å². The van der Waals surface area contributed by atoms with Gasteiger partial charge in [0, 0.05) is 11.8 Å². The highest BCUT2D eigenvalue weighted by Gasteiger charge is 2.62. The Hall–Kier alpha value is -0.410. The summed E-state index contributed by atoms with van der Waals surface area (Å²) in [6.45, 7) is 4.57. The molecule has 22 heavy (non-hydrogen) atoms. The molecule has 0 aliphatic heterocycles. The second-order valence-corrected chi connectivity index (χ2v) is 9.14. The zero-order chi connectivity index (χ0) is 15.7. The lowest BCUT2D eigenvalue weighted by Crippen LogP contribution is -2.58. The summed E-state index contributed by atoms with van der Waals surface area (Å²) >= 11 is 0. The van der Waals surface area contributed by atoms with Gasteiger partial charge in [-0.15, -0.1) is 0 Å². The van der Waals surface area contributed by atoms with Crippen LogP contribution in [0.3, 0.4) is 0 Å². The van der Waals surface area contributed by atoms with Crippen LogP contribution in [0.1, 0.15) is 65.2 Å². The summed E-state index contributed by atoms with van der Waals surface area (Å²) < 4.78 is 0. The highest BCUT2D eigenvalue weighted by molar-refractivity contribution is 5.87. The predicted octanol–water partition coefficient (Wildman–Crippen LogP) is 2.93. The maximum atomic E-state index is 12.4. The largest absolute Gasteiger partial charge is 0.393 e. The first-order valence-electron chi connectivity index (χ1n) is 9.25. The van der Waals surface area contributed by atoms with E-state index in [1.165, 1.54) is 0 Å². The molecular weight excluding hydrogens is 276 g/mol. The molecule has 0 heterocycles. The fraction of sp³-hybridized carbons (Fsp3) is 0.947. The predicted molar refractivity (Wildman–Crippen MR) is 84.1 cm³/mol. The molecule has 0 bridgehead atoms. The Morgan fingerprint density at radius 3 is 2.55 bits per heavy atom. The van der Waals surface area contributed by atoms with Crippen LogP contribution in [-0.4, -0.2) is 28.2 Å². The van der Waals surface area contributed by atoms with Gasteiger partial charge in [0.25, 0.3) is 0 Å². The van der Waals surface area contributed by atoms with Crippen LogP contribution in [0.15, 0.2) is 0 Å². The topological polar surface area (TPSA) is 57.5 Å². The van der Waals surface area contributed by atoms with E-state index in [0.29, 0.717) is 29.5 Å². The molecule has 0 aromatic rings. The number of hydrogen-bond donors (Lipinski definition) is 2. The van der Waals surface area contributed by atoms with Crippen LogP contribution in [0.5, 0.6) is 0 Å². The van der Waals surface area contributed by atoms with Crippen LogP contribution in [0.2, 0.25) is 0 Å². The molecule has 4 aliphatic rings. The number of fused-ring (bicyclic) bond motifs is 5. The minimum Gasteiger partial charge on any atom is -0.393 e. The third-order valence-electron chi connectivity index (χ3n) is 8.36. The van der Waals surface area contributed by atoms with E-state index in [0.717, 1.165) is 51.4 Å². The molecule has 124 valence electrons. The molecule has 3 unspecified atom stereocenters. The summed E-state index contributed by atoms with van der Waals surface area (Å²) in [6.07, 6.45) is 7.03. The average Bonchev–Trinajstić information content (AvgIpc) is 2.77. The van der Waals surface area contributed by atoms with Gasteiger partial charge in [0.2, 0.25) is 0 Å². The Bertz CT molecular complexity index is 489. The molecule has 0 aromatic carbocycles. The van der Waals surface area contributed by atoms with Gasteiger partial charge in [0.1, 0.15) is 5.78 Å². The molecule has 3 heteroatoms. The summed E-state index contributed by atoms with van der Waals surface area (Å²) in [4.78, 5) is 12.4. The van der Waals surface area contributed by atoms with E-state index in [1.807, 2.05) is 0 Å². The van der Waals surface area contributed by atoms with Gasteiger partial charge in [-0.05, 0) is 74.0 Å². The highest BCUT2D eigenvalue weighted by atomic mass is 16.3. The number of ketones is 1. The van der Waals surface area contributed by atoms with E-state index in [1.54, 1.807) is 0 Å². The van der Waals surface area contributed by atoms with Crippen molar-refractivity contribution in [2.75, 3.05) is 0 Å². The van der Waals surface area contributed by atoms with Gasteiger partial charge in [-0.1, -0.05) is 13.8 Å². The first-order chi connectivity index (χ1) is 10.4. The van der Waals surface area contributed by atoms with Crippen molar-refractivity contribution in [2.45, 2.75) is 77.4 Å². The first-order valence-corrected chi connectivity index (χ1v) is 9.25. The number of aliphatic hydroxyl groups excluding tert-OH is 2. The van der Waals surface area contributed by atoms with Gasteiger partial charge in [-0.25, -0.2) is 0 Å². The van der Waals surface area contributed by atoms with Crippen molar-refractivity contribution in [3.8, 4) is 0 Å². The fourth-order valence-corrected chi connectivity index (χ4v) is 6.97. The second kappa shape index (κ2) is 4.80. The summed E-state index contributed by atoms with van der Waals surface area (Å²) in [6, 6.07) is 0. The maximum Gasteiger partial charge on any atom is 0.139 e. The summed E-state index contributed by atoms with van der Waals surface area (Å²) in [7, 11) is 0. The van der Waals surface area contributed by atoms with E-state index in [-0.39, 0.29) is 23.0 Å². The minimum absolute atomic E-state index is 0.167. The first kappa shape index (κ1) is 15.1. The molecule has 0 amide bonds. The lowest BCUT2D eigenvalue weighted by molar-refractivity contribution is -0.171. The minimum atomic E-state index is -0.274. The summed E-state index contributed by atoms with van der Waals surface area (Å²) in [5.74, 6) is 2.13. The number of aliphatic hydroxyl groups is 2. The van der Waals surface area contributed by atoms with Gasteiger partial charge >= 0.3 is 0 Å². The van der Waals surface area contributed by atoms with Crippen molar-refractivity contribution in [1.82, 2.24) is 0 Å². The van der Waals surface area contributed by atoms with E-state index in [9.17, 15) is 15.0 Å². The van der Waals surface area contributed by atoms with Crippen molar-refractivity contribution in [2.24, 2.45) is 34.5 Å². The lowest BCUT2D eigenvalue weighted by atomic mass is 9.44. The Balaban J connectivity index is 1.69. The third kappa shape index (κ3) is 1.84. The normalized spacial score (nSPS) is 57.9. The molecule has 3 nitrogen and oxygen atoms in total. The van der Waals surface area contributed by atoms with Crippen LogP contribution >= 0.6 is 0 Å². The highest BCUT2D eigenvalue weighted by Crippen LogP contribution is 2.65. The molecule has 0 radical (unpaired) electrons. The SMILES string of the molecule is C[C@]12CC[C@H](O)CC1C[C@H](O)[C@@H]1C2CC[C@]2(C)C(=O)CCC12. The lowest BCUT2D eigenvalue weighted by Gasteiger charge is -2.61. The van der Waals surface area contributed by atoms with Crippen LogP contribution in [0.25, 0.3) is 0 Å². The Labute approximate surface area is 133 Å². The molecule has 0 aromatic heterocycles. The van der Waals surface area contributed by atoms with Gasteiger partial charge in [0.15, 0.2) is 0 Å². The third-order valence-corrected chi connectivity index (χ3v) is 8.36. The fourth-order valence-electron chi connectivity index (χ4n) is 6.97. The number of hydrogen-bond acceptors (Lipinski definition) is 3. The van der Waals surface area contributed by atoms with Crippen LogP contribution in [0.4, 0.5) is 0 Å². The number of carbonyl (C=O) groups is 1. The molecule has 4 saturated carbocycles. The molecule has 0 saturated heterocycles. The smallest absolute Gasteiger partial charge is 0.139 e. The van der Waals surface area contributed by atoms with Crippen molar-refractivity contribution >= 4 is 5.78 Å². The molecule has 2 N–H and O–H groups in total. The zero-order valence-electron chi connectivity index (χ0n) is 13.9. The standard InChI is InChI=1S/C19H30O3/c1-18-7-5-12(20)9-11(18)10-15(21)17-13-3-4-16(22)19(13,2)8-6-14(17)18/h11-15,17,20-21H,3-10H2,1-2H3/t11?,12-,13?,14?,15-,17-,18-,19-/m0/s1. The van der Waals surface area contributed by atoms with Gasteiger partial charge in [-0.3, -0.25) is 4.79 Å². The van der Waals surface area contributed by atoms with E-state index in [4.69, 9.17) is 0 Å². The Kier molecular flexibility index (Phi) is 3.30. The van der Waals surface area contributed by atoms with Gasteiger partial charge < -0.3 is 10.2 Å². The summed E-state index contributed by atoms with van der Waals surface area (Å²) in [5.41, 5.74) is 0.0929. The second-order valence-electron chi connectivity index (χ2n) is 9.14. The molecule has 0 spiro atoms. The molecule has 4 aliphatic carbocycles. The van der Waals surface area contributed by atoms with Crippen molar-refractivity contribution in [3.05, 3.63) is 0 Å². The van der Waals surface area contributed by atoms with E-state index in [2.05, 4.69) is 13.8 Å². The number of carbonyl (C=O) groups excluding carboxylic acids is 1. The Morgan fingerprint density at radius 1 is 1.00 bits per heavy atom. The molecule has 4 fully saturated rings. The van der Waals surface area contributed by atoms with Crippen molar-refractivity contribution in [3.63, 3.8) is 0 Å². The van der Waals surface area contributed by atoms with Crippen LogP contribution in [0, 0.1) is 34.5 Å². The molecule has 4 rings (SSSR count). The Morgan fingerprint density at radius 2 is 1.77 bits per heavy atom. The molecule has 8 atom stereocenters. The zero-order valence-corrected chi connectivity index (χ0v) is 13.9. The maximum absolute atomic E-state index is 12.4. The number of rotatable bonds is 0. The van der Waals surface area contributed by atoms with E-state index < -0.39 is 0 Å². The summed E-state index contributed by atoms with van der Waals surface area (Å²) in [5, 5.41) is 20.9. The average molecular weight is 306 g/mol. The quantitative estimate of drug-likeness (QED) is 0.723. The molecular formula is C19H30O3. The van der Waals surface area contributed by atoms with Crippen LogP contribution in [-0.2, 0) is 4.79 Å². The van der Waals surface area contributed by atoms with E-state index >= 15 is 0 Å². The number of Topliss-reactive ketones (excluding diaryl/α,β-unsaturated/α-hetero) is 1. The van der Waals surface area contributed by atoms with Crippen molar-refractivity contribution < 1.29 is 15.0 Å². The van der Waals surface area contributed by atoms with Gasteiger partial charge in [0.05, 0.1) is 12.2 Å². The monoisotopic (exact) mass is 306 g/mol. The van der Waals surface area contributed by atoms with Crippen molar-refractivity contribution in [1.29, 1.82) is 0 Å². The van der Waals surface area contributed by atoms with Gasteiger partial charge in [-0.2, -0.15) is 0 Å².